The Bertz CT molecular complexity index is 1560. The van der Waals surface area contributed by atoms with E-state index in [-0.39, 0.29) is 31.6 Å². The van der Waals surface area contributed by atoms with Gasteiger partial charge in [-0.05, 0) is 61.6 Å². The molecular formula is C35H38N2O6. The molecular weight excluding hydrogens is 544 g/mol. The van der Waals surface area contributed by atoms with Gasteiger partial charge < -0.3 is 24.4 Å². The second kappa shape index (κ2) is 11.2. The lowest BCUT2D eigenvalue weighted by atomic mass is 9.66. The summed E-state index contributed by atoms with van der Waals surface area (Å²) >= 11 is 0. The lowest BCUT2D eigenvalue weighted by Crippen LogP contribution is -2.59. The van der Waals surface area contributed by atoms with Crippen LogP contribution in [0, 0.1) is 11.8 Å². The van der Waals surface area contributed by atoms with E-state index >= 15 is 0 Å². The van der Waals surface area contributed by atoms with Gasteiger partial charge in [-0.1, -0.05) is 66.7 Å². The summed E-state index contributed by atoms with van der Waals surface area (Å²) in [4.78, 5) is 46.1. The second-order valence-corrected chi connectivity index (χ2v) is 12.0. The predicted molar refractivity (Wildman–Crippen MR) is 163 cm³/mol. The minimum absolute atomic E-state index is 0.174. The topological polar surface area (TPSA) is 96.4 Å². The molecule has 2 bridgehead atoms. The molecule has 8 heteroatoms. The average Bonchev–Trinajstić information content (AvgIpc) is 3.59. The van der Waals surface area contributed by atoms with Crippen LogP contribution in [-0.2, 0) is 30.3 Å². The first-order valence-electron chi connectivity index (χ1n) is 15.0. The number of rotatable bonds is 10. The van der Waals surface area contributed by atoms with Crippen molar-refractivity contribution in [2.45, 2.75) is 56.4 Å². The average molecular weight is 583 g/mol. The molecule has 224 valence electrons. The number of carbonyl (C=O) groups excluding carboxylic acids is 3. The molecule has 1 N–H and O–H groups in total. The summed E-state index contributed by atoms with van der Waals surface area (Å²) in [5.74, 6) is -2.91. The number of carbonyl (C=O) groups is 3. The molecule has 1 spiro atoms. The fourth-order valence-electron chi connectivity index (χ4n) is 7.71. The summed E-state index contributed by atoms with van der Waals surface area (Å²) in [5, 5.41) is 12.7. The van der Waals surface area contributed by atoms with Gasteiger partial charge in [0, 0.05) is 12.2 Å². The van der Waals surface area contributed by atoms with Crippen molar-refractivity contribution in [2.75, 3.05) is 24.7 Å². The first-order chi connectivity index (χ1) is 20.8. The zero-order chi connectivity index (χ0) is 30.4. The summed E-state index contributed by atoms with van der Waals surface area (Å²) in [6.45, 7) is 7.52. The third-order valence-corrected chi connectivity index (χ3v) is 9.53. The SMILES string of the molecule is C=CCN(C(=O)C1N([C@@H](CO)Cc2ccccc2)C(=O)[C@@H]2[C@@H](C(=O)OCC)[C@@]3(C)CCC12O3)c1ccc2ccccc2c1. The first-order valence-corrected chi connectivity index (χ1v) is 15.0. The van der Waals surface area contributed by atoms with Crippen LogP contribution < -0.4 is 4.90 Å². The van der Waals surface area contributed by atoms with E-state index in [1.54, 1.807) is 17.9 Å². The van der Waals surface area contributed by atoms with Crippen LogP contribution in [0.4, 0.5) is 5.69 Å². The van der Waals surface area contributed by atoms with Gasteiger partial charge in [-0.15, -0.1) is 6.58 Å². The molecule has 2 amide bonds. The highest BCUT2D eigenvalue weighted by atomic mass is 16.6. The van der Waals surface area contributed by atoms with Gasteiger partial charge in [-0.25, -0.2) is 0 Å². The summed E-state index contributed by atoms with van der Waals surface area (Å²) < 4.78 is 12.2. The van der Waals surface area contributed by atoms with Crippen LogP contribution in [0.25, 0.3) is 10.8 Å². The van der Waals surface area contributed by atoms with Crippen molar-refractivity contribution < 1.29 is 29.0 Å². The van der Waals surface area contributed by atoms with Crippen LogP contribution in [0.5, 0.6) is 0 Å². The molecule has 3 heterocycles. The maximum absolute atomic E-state index is 14.9. The second-order valence-electron chi connectivity index (χ2n) is 12.0. The molecule has 3 aromatic rings. The number of ether oxygens (including phenoxy) is 2. The van der Waals surface area contributed by atoms with E-state index in [0.29, 0.717) is 24.9 Å². The summed E-state index contributed by atoms with van der Waals surface area (Å²) in [7, 11) is 0. The van der Waals surface area contributed by atoms with Gasteiger partial charge in [0.05, 0.1) is 30.8 Å². The zero-order valence-corrected chi connectivity index (χ0v) is 24.6. The smallest absolute Gasteiger partial charge is 0.312 e. The quantitative estimate of drug-likeness (QED) is 0.283. The normalized spacial score (nSPS) is 28.1. The zero-order valence-electron chi connectivity index (χ0n) is 24.6. The molecule has 8 nitrogen and oxygen atoms in total. The third kappa shape index (κ3) is 4.64. The van der Waals surface area contributed by atoms with Gasteiger partial charge in [0.15, 0.2) is 0 Å². The Kier molecular flexibility index (Phi) is 7.60. The molecule has 3 aliphatic heterocycles. The molecule has 43 heavy (non-hydrogen) atoms. The standard InChI is InChI=1S/C35H38N2O6/c1-4-19-36(26-16-15-24-13-9-10-14-25(24)21-26)32(40)30-35-18-17-34(3,43-35)29(33(41)42-5-2)28(35)31(39)37(30)27(22-38)20-23-11-7-6-8-12-23/h4,6-16,21,27-30,38H,1,5,17-20,22H2,2-3H3/t27-,28+,29+,30?,34-,35?/m1/s1. The number of hydrogen-bond donors (Lipinski definition) is 1. The molecule has 0 radical (unpaired) electrons. The van der Waals surface area contributed by atoms with Crippen molar-refractivity contribution in [1.82, 2.24) is 4.90 Å². The number of likely N-dealkylation sites (tertiary alicyclic amines) is 1. The summed E-state index contributed by atoms with van der Waals surface area (Å²) in [6.07, 6.45) is 2.95. The number of esters is 1. The molecule has 3 aromatic carbocycles. The molecule has 0 aliphatic carbocycles. The number of benzene rings is 3. The Morgan fingerprint density at radius 3 is 2.53 bits per heavy atom. The van der Waals surface area contributed by atoms with Crippen molar-refractivity contribution in [3.05, 3.63) is 91.0 Å². The minimum atomic E-state index is -1.24. The van der Waals surface area contributed by atoms with Gasteiger partial charge in [0.25, 0.3) is 5.91 Å². The summed E-state index contributed by atoms with van der Waals surface area (Å²) in [5.41, 5.74) is -0.579. The highest BCUT2D eigenvalue weighted by molar-refractivity contribution is 6.05. The molecule has 6 atom stereocenters. The predicted octanol–water partition coefficient (Wildman–Crippen LogP) is 4.29. The van der Waals surface area contributed by atoms with E-state index in [4.69, 9.17) is 9.47 Å². The maximum atomic E-state index is 14.9. The molecule has 3 aliphatic rings. The van der Waals surface area contributed by atoms with E-state index in [1.165, 1.54) is 4.90 Å². The van der Waals surface area contributed by atoms with Crippen LogP contribution in [-0.4, -0.2) is 70.8 Å². The first kappa shape index (κ1) is 29.1. The lowest BCUT2D eigenvalue weighted by Gasteiger charge is -2.39. The largest absolute Gasteiger partial charge is 0.466 e. The summed E-state index contributed by atoms with van der Waals surface area (Å²) in [6, 6.07) is 21.5. The van der Waals surface area contributed by atoms with Gasteiger partial charge in [0.2, 0.25) is 5.91 Å². The van der Waals surface area contributed by atoms with Crippen LogP contribution in [0.15, 0.2) is 85.5 Å². The highest BCUT2D eigenvalue weighted by Crippen LogP contribution is 2.63. The Labute approximate surface area is 251 Å². The molecule has 3 saturated heterocycles. The maximum Gasteiger partial charge on any atom is 0.312 e. The number of aliphatic hydroxyl groups is 1. The van der Waals surface area contributed by atoms with Gasteiger partial charge in [0.1, 0.15) is 17.6 Å². The fraction of sp³-hybridized carbons (Fsp3) is 0.400. The number of aliphatic hydroxyl groups excluding tert-OH is 1. The number of fused-ring (bicyclic) bond motifs is 2. The molecule has 6 rings (SSSR count). The van der Waals surface area contributed by atoms with E-state index in [1.807, 2.05) is 79.7 Å². The Hall–Kier alpha value is -4.01. The molecule has 2 unspecified atom stereocenters. The third-order valence-electron chi connectivity index (χ3n) is 9.53. The molecule has 0 saturated carbocycles. The fourth-order valence-corrected chi connectivity index (χ4v) is 7.71. The van der Waals surface area contributed by atoms with Crippen molar-refractivity contribution in [1.29, 1.82) is 0 Å². The Morgan fingerprint density at radius 2 is 1.84 bits per heavy atom. The minimum Gasteiger partial charge on any atom is -0.466 e. The lowest BCUT2D eigenvalue weighted by molar-refractivity contribution is -0.160. The number of amides is 2. The Balaban J connectivity index is 1.47. The van der Waals surface area contributed by atoms with Crippen LogP contribution in [0.2, 0.25) is 0 Å². The van der Waals surface area contributed by atoms with Gasteiger partial charge in [-0.3, -0.25) is 14.4 Å². The highest BCUT2D eigenvalue weighted by Gasteiger charge is 2.79. The van der Waals surface area contributed by atoms with Gasteiger partial charge in [-0.2, -0.15) is 0 Å². The van der Waals surface area contributed by atoms with E-state index in [2.05, 4.69) is 6.58 Å². The van der Waals surface area contributed by atoms with Crippen molar-refractivity contribution in [2.24, 2.45) is 11.8 Å². The van der Waals surface area contributed by atoms with Crippen molar-refractivity contribution in [3.63, 3.8) is 0 Å². The molecule has 0 aromatic heterocycles. The number of hydrogen-bond acceptors (Lipinski definition) is 6. The monoisotopic (exact) mass is 582 g/mol. The van der Waals surface area contributed by atoms with E-state index in [0.717, 1.165) is 16.3 Å². The van der Waals surface area contributed by atoms with Crippen LogP contribution >= 0.6 is 0 Å². The Morgan fingerprint density at radius 1 is 1.12 bits per heavy atom. The van der Waals surface area contributed by atoms with Crippen molar-refractivity contribution in [3.8, 4) is 0 Å². The number of anilines is 1. The van der Waals surface area contributed by atoms with Crippen LogP contribution in [0.3, 0.4) is 0 Å². The number of nitrogens with zero attached hydrogens (tertiary/aromatic N) is 2. The van der Waals surface area contributed by atoms with Crippen molar-refractivity contribution >= 4 is 34.2 Å². The van der Waals surface area contributed by atoms with Gasteiger partial charge >= 0.3 is 5.97 Å². The molecule has 3 fully saturated rings. The van der Waals surface area contributed by atoms with Crippen LogP contribution in [0.1, 0.15) is 32.3 Å². The van der Waals surface area contributed by atoms with E-state index < -0.39 is 41.1 Å². The van der Waals surface area contributed by atoms with E-state index in [9.17, 15) is 19.5 Å².